The van der Waals surface area contributed by atoms with Crippen molar-refractivity contribution in [1.82, 2.24) is 15.2 Å². The smallest absolute Gasteiger partial charge is 0.280 e. The second kappa shape index (κ2) is 8.73. The van der Waals surface area contributed by atoms with Crippen LogP contribution in [0, 0.1) is 5.82 Å². The van der Waals surface area contributed by atoms with E-state index in [0.29, 0.717) is 18.5 Å². The SMILES string of the molecule is CC(NC1CCCN(C(C)c2ccccc2F)C1=O)c1ccc(C(F)F)nc1. The lowest BCUT2D eigenvalue weighted by molar-refractivity contribution is -0.138. The van der Waals surface area contributed by atoms with Crippen LogP contribution < -0.4 is 5.32 Å². The van der Waals surface area contributed by atoms with Gasteiger partial charge in [0.25, 0.3) is 6.43 Å². The highest BCUT2D eigenvalue weighted by Crippen LogP contribution is 2.28. The number of pyridine rings is 1. The molecule has 4 nitrogen and oxygen atoms in total. The summed E-state index contributed by atoms with van der Waals surface area (Å²) in [7, 11) is 0. The fourth-order valence-corrected chi connectivity index (χ4v) is 3.62. The van der Waals surface area contributed by atoms with Gasteiger partial charge in [-0.2, -0.15) is 0 Å². The summed E-state index contributed by atoms with van der Waals surface area (Å²) in [6.07, 6.45) is 0.279. The number of aromatic nitrogens is 1. The van der Waals surface area contributed by atoms with E-state index in [9.17, 15) is 18.0 Å². The number of likely N-dealkylation sites (tertiary alicyclic amines) is 1. The van der Waals surface area contributed by atoms with Crippen molar-refractivity contribution in [3.05, 3.63) is 65.2 Å². The van der Waals surface area contributed by atoms with Crippen LogP contribution in [0.3, 0.4) is 0 Å². The molecule has 0 saturated carbocycles. The summed E-state index contributed by atoms with van der Waals surface area (Å²) in [4.78, 5) is 18.5. The number of carbonyl (C=O) groups is 1. The number of amides is 1. The summed E-state index contributed by atoms with van der Waals surface area (Å²) < 4.78 is 39.4. The summed E-state index contributed by atoms with van der Waals surface area (Å²) in [5, 5.41) is 3.27. The van der Waals surface area contributed by atoms with Gasteiger partial charge in [-0.1, -0.05) is 24.3 Å². The van der Waals surface area contributed by atoms with Crippen LogP contribution in [0.4, 0.5) is 13.2 Å². The number of alkyl halides is 2. The maximum absolute atomic E-state index is 14.1. The van der Waals surface area contributed by atoms with Crippen molar-refractivity contribution in [2.24, 2.45) is 0 Å². The van der Waals surface area contributed by atoms with Crippen LogP contribution in [0.15, 0.2) is 42.6 Å². The average molecular weight is 391 g/mol. The molecule has 2 aromatic rings. The lowest BCUT2D eigenvalue weighted by Crippen LogP contribution is -2.51. The van der Waals surface area contributed by atoms with E-state index in [1.54, 1.807) is 29.2 Å². The number of nitrogens with one attached hydrogen (secondary N) is 1. The topological polar surface area (TPSA) is 45.2 Å². The van der Waals surface area contributed by atoms with Crippen LogP contribution >= 0.6 is 0 Å². The molecule has 7 heteroatoms. The molecule has 1 amide bonds. The summed E-state index contributed by atoms with van der Waals surface area (Å²) in [6.45, 7) is 4.27. The molecule has 1 saturated heterocycles. The Kier molecular flexibility index (Phi) is 6.34. The second-order valence-electron chi connectivity index (χ2n) is 7.13. The highest BCUT2D eigenvalue weighted by atomic mass is 19.3. The quantitative estimate of drug-likeness (QED) is 0.785. The van der Waals surface area contributed by atoms with E-state index in [0.717, 1.165) is 12.0 Å². The van der Waals surface area contributed by atoms with Gasteiger partial charge in [-0.05, 0) is 44.4 Å². The Balaban J connectivity index is 1.69. The predicted molar refractivity (Wildman–Crippen MR) is 100 cm³/mol. The molecule has 3 rings (SSSR count). The Morgan fingerprint density at radius 1 is 1.18 bits per heavy atom. The number of halogens is 3. The number of hydrogen-bond donors (Lipinski definition) is 1. The van der Waals surface area contributed by atoms with Crippen molar-refractivity contribution in [3.63, 3.8) is 0 Å². The van der Waals surface area contributed by atoms with Crippen LogP contribution in [-0.2, 0) is 4.79 Å². The zero-order valence-electron chi connectivity index (χ0n) is 15.9. The van der Waals surface area contributed by atoms with Gasteiger partial charge in [-0.15, -0.1) is 0 Å². The largest absolute Gasteiger partial charge is 0.334 e. The van der Waals surface area contributed by atoms with E-state index in [-0.39, 0.29) is 29.5 Å². The number of rotatable bonds is 6. The number of piperidine rings is 1. The van der Waals surface area contributed by atoms with Crippen molar-refractivity contribution in [3.8, 4) is 0 Å². The van der Waals surface area contributed by atoms with Crippen molar-refractivity contribution in [2.45, 2.75) is 51.2 Å². The zero-order valence-corrected chi connectivity index (χ0v) is 15.9. The van der Waals surface area contributed by atoms with Gasteiger partial charge in [0.15, 0.2) is 0 Å². The van der Waals surface area contributed by atoms with Crippen molar-refractivity contribution < 1.29 is 18.0 Å². The van der Waals surface area contributed by atoms with Gasteiger partial charge >= 0.3 is 0 Å². The first-order valence-corrected chi connectivity index (χ1v) is 9.43. The number of hydrogen-bond acceptors (Lipinski definition) is 3. The first-order chi connectivity index (χ1) is 13.4. The average Bonchev–Trinajstić information content (AvgIpc) is 2.69. The Morgan fingerprint density at radius 3 is 2.57 bits per heavy atom. The minimum Gasteiger partial charge on any atom is -0.334 e. The van der Waals surface area contributed by atoms with Crippen LogP contribution in [-0.4, -0.2) is 28.4 Å². The fraction of sp³-hybridized carbons (Fsp3) is 0.429. The normalized spacial score (nSPS) is 19.7. The maximum Gasteiger partial charge on any atom is 0.280 e. The summed E-state index contributed by atoms with van der Waals surface area (Å²) in [5.74, 6) is -0.401. The van der Waals surface area contributed by atoms with Crippen LogP contribution in [0.25, 0.3) is 0 Å². The molecule has 0 aliphatic carbocycles. The maximum atomic E-state index is 14.1. The molecule has 2 heterocycles. The number of nitrogens with zero attached hydrogens (tertiary/aromatic N) is 2. The van der Waals surface area contributed by atoms with Crippen molar-refractivity contribution in [2.75, 3.05) is 6.54 Å². The Morgan fingerprint density at radius 2 is 1.93 bits per heavy atom. The molecule has 1 N–H and O–H groups in total. The van der Waals surface area contributed by atoms with Crippen LogP contribution in [0.5, 0.6) is 0 Å². The van der Waals surface area contributed by atoms with E-state index in [1.165, 1.54) is 18.3 Å². The molecule has 150 valence electrons. The van der Waals surface area contributed by atoms with Gasteiger partial charge < -0.3 is 4.90 Å². The van der Waals surface area contributed by atoms with E-state index < -0.39 is 12.5 Å². The molecule has 3 unspecified atom stereocenters. The molecular formula is C21H24F3N3O. The monoisotopic (exact) mass is 391 g/mol. The lowest BCUT2D eigenvalue weighted by atomic mass is 9.98. The molecule has 1 aliphatic heterocycles. The third kappa shape index (κ3) is 4.35. The number of carbonyl (C=O) groups excluding carboxylic acids is 1. The van der Waals surface area contributed by atoms with Crippen molar-refractivity contribution in [1.29, 1.82) is 0 Å². The van der Waals surface area contributed by atoms with Crippen molar-refractivity contribution >= 4 is 5.91 Å². The minimum absolute atomic E-state index is 0.0778. The van der Waals surface area contributed by atoms with E-state index in [2.05, 4.69) is 10.3 Å². The molecule has 3 atom stereocenters. The summed E-state index contributed by atoms with van der Waals surface area (Å²) >= 11 is 0. The Hall–Kier alpha value is -2.41. The van der Waals surface area contributed by atoms with Crippen LogP contribution in [0.1, 0.15) is 62.0 Å². The molecule has 1 aromatic carbocycles. The molecule has 0 spiro atoms. The summed E-state index contributed by atoms with van der Waals surface area (Å²) in [5.41, 5.74) is 0.961. The Bertz CT molecular complexity index is 813. The van der Waals surface area contributed by atoms with E-state index in [4.69, 9.17) is 0 Å². The van der Waals surface area contributed by atoms with Gasteiger partial charge in [-0.3, -0.25) is 15.1 Å². The van der Waals surface area contributed by atoms with Gasteiger partial charge in [0.1, 0.15) is 11.5 Å². The second-order valence-corrected chi connectivity index (χ2v) is 7.13. The van der Waals surface area contributed by atoms with Crippen LogP contribution in [0.2, 0.25) is 0 Å². The minimum atomic E-state index is -2.61. The standard InChI is InChI=1S/C21H24F3N3O/c1-13(15-9-10-18(20(23)24)25-12-15)26-19-8-5-11-27(21(19)28)14(2)16-6-3-4-7-17(16)22/h3-4,6-7,9-10,12-14,19-20,26H,5,8,11H2,1-2H3. The highest BCUT2D eigenvalue weighted by molar-refractivity contribution is 5.83. The first-order valence-electron chi connectivity index (χ1n) is 9.43. The van der Waals surface area contributed by atoms with Gasteiger partial charge in [0.2, 0.25) is 5.91 Å². The third-order valence-corrected chi connectivity index (χ3v) is 5.28. The van der Waals surface area contributed by atoms with Gasteiger partial charge in [0.05, 0.1) is 12.1 Å². The number of benzene rings is 1. The fourth-order valence-electron chi connectivity index (χ4n) is 3.62. The van der Waals surface area contributed by atoms with E-state index >= 15 is 0 Å². The molecule has 1 fully saturated rings. The molecule has 0 radical (unpaired) electrons. The Labute approximate surface area is 162 Å². The van der Waals surface area contributed by atoms with Gasteiger partial charge in [-0.25, -0.2) is 13.2 Å². The molecular weight excluding hydrogens is 367 g/mol. The first kappa shape index (κ1) is 20.3. The van der Waals surface area contributed by atoms with Gasteiger partial charge in [0, 0.05) is 24.3 Å². The van der Waals surface area contributed by atoms with E-state index in [1.807, 2.05) is 13.8 Å². The zero-order chi connectivity index (χ0) is 20.3. The molecule has 0 bridgehead atoms. The highest BCUT2D eigenvalue weighted by Gasteiger charge is 2.33. The predicted octanol–water partition coefficient (Wildman–Crippen LogP) is 4.56. The molecule has 1 aliphatic rings. The third-order valence-electron chi connectivity index (χ3n) is 5.28. The lowest BCUT2D eigenvalue weighted by Gasteiger charge is -2.38. The molecule has 28 heavy (non-hydrogen) atoms. The summed E-state index contributed by atoms with van der Waals surface area (Å²) in [6, 6.07) is 8.38. The molecule has 1 aromatic heterocycles.